The molecule has 0 saturated carbocycles. The first-order valence-corrected chi connectivity index (χ1v) is 18.5. The quantitative estimate of drug-likeness (QED) is 0.0566. The summed E-state index contributed by atoms with van der Waals surface area (Å²) in [6, 6.07) is 14.0. The van der Waals surface area contributed by atoms with E-state index in [0.29, 0.717) is 0 Å². The number of anilines is 7. The smallest absolute Gasteiger partial charge is 0.744 e. The van der Waals surface area contributed by atoms with Gasteiger partial charge in [-0.25, -0.2) is 25.3 Å². The maximum atomic E-state index is 13.6. The predicted octanol–water partition coefficient (Wildman–Crippen LogP) is -6.81. The molecule has 1 aromatic heterocycles. The van der Waals surface area contributed by atoms with Gasteiger partial charge in [0.05, 0.1) is 55.7 Å². The van der Waals surface area contributed by atoms with Crippen LogP contribution in [0.15, 0.2) is 87.5 Å². The first-order valence-electron chi connectivity index (χ1n) is 14.2. The normalized spacial score (nSPS) is 12.1. The van der Waals surface area contributed by atoms with E-state index in [-0.39, 0.29) is 123 Å². The van der Waals surface area contributed by atoms with Gasteiger partial charge in [-0.3, -0.25) is 9.59 Å². The molecule has 6 rings (SSSR count). The predicted molar refractivity (Wildman–Crippen MR) is 177 cm³/mol. The van der Waals surface area contributed by atoms with Crippen LogP contribution in [0.2, 0.25) is 0 Å². The van der Waals surface area contributed by atoms with Gasteiger partial charge in [-0.1, -0.05) is 36.4 Å². The van der Waals surface area contributed by atoms with Crippen molar-refractivity contribution < 1.29 is 142 Å². The zero-order valence-electron chi connectivity index (χ0n) is 29.0. The van der Waals surface area contributed by atoms with E-state index < -0.39 is 90.7 Å². The summed E-state index contributed by atoms with van der Waals surface area (Å²) in [4.78, 5) is 36.4. The Labute approximate surface area is 379 Å². The minimum atomic E-state index is -5.34. The van der Waals surface area contributed by atoms with Gasteiger partial charge in [0.1, 0.15) is 30.4 Å². The van der Waals surface area contributed by atoms with E-state index in [4.69, 9.17) is 10.5 Å². The van der Waals surface area contributed by atoms with Gasteiger partial charge >= 0.3 is 94.7 Å². The molecule has 19 nitrogen and oxygen atoms in total. The van der Waals surface area contributed by atoms with Crippen LogP contribution in [-0.2, 0) is 30.4 Å². The molecule has 0 radical (unpaired) electrons. The van der Waals surface area contributed by atoms with Crippen LogP contribution in [0.1, 0.15) is 31.8 Å². The van der Waals surface area contributed by atoms with Crippen LogP contribution in [0, 0.1) is 0 Å². The summed E-state index contributed by atoms with van der Waals surface area (Å²) >= 11 is 0. The number of nitrogen functional groups attached to an aromatic ring is 1. The number of carbonyl (C=O) groups excluding carboxylic acids is 2. The molecule has 5 aromatic rings. The summed E-state index contributed by atoms with van der Waals surface area (Å²) in [5, 5.41) is 7.68. The number of nitrogens with two attached hydrogens (primary N) is 1. The molecule has 0 fully saturated rings. The van der Waals surface area contributed by atoms with Crippen molar-refractivity contribution in [2.45, 2.75) is 14.7 Å². The minimum absolute atomic E-state index is 0. The van der Waals surface area contributed by atoms with Gasteiger partial charge in [-0.2, -0.15) is 15.0 Å². The van der Waals surface area contributed by atoms with Crippen LogP contribution < -0.4 is 115 Å². The second-order valence-corrected chi connectivity index (χ2v) is 14.7. The molecule has 0 saturated heterocycles. The molecule has 0 aliphatic heterocycles. The molecule has 0 atom stereocenters. The number of ether oxygens (including phenoxy) is 1. The number of carbonyl (C=O) groups is 2. The Morgan fingerprint density at radius 1 is 0.582 bits per heavy atom. The molecule has 0 unspecified atom stereocenters. The summed E-state index contributed by atoms with van der Waals surface area (Å²) < 4.78 is 114. The minimum Gasteiger partial charge on any atom is -0.744 e. The van der Waals surface area contributed by atoms with Crippen molar-refractivity contribution in [1.82, 2.24) is 15.0 Å². The van der Waals surface area contributed by atoms with E-state index in [1.54, 1.807) is 0 Å². The average molecular weight is 836 g/mol. The number of benzene rings is 4. The van der Waals surface area contributed by atoms with E-state index in [9.17, 15) is 48.5 Å². The molecule has 4 aromatic carbocycles. The number of hydrogen-bond acceptors (Lipinski definition) is 19. The van der Waals surface area contributed by atoms with Crippen molar-refractivity contribution in [1.29, 1.82) is 0 Å². The zero-order valence-corrected chi connectivity index (χ0v) is 37.4. The Kier molecular flexibility index (Phi) is 14.8. The molecular weight excluding hydrogens is 816 g/mol. The van der Waals surface area contributed by atoms with Crippen molar-refractivity contribution >= 4 is 82.3 Å². The number of aromatic nitrogens is 3. The molecule has 0 spiro atoms. The fourth-order valence-corrected chi connectivity index (χ4v) is 7.18. The molecular formula is C30H20N7Na3O12S3. The third-order valence-electron chi connectivity index (χ3n) is 7.45. The van der Waals surface area contributed by atoms with E-state index in [0.717, 1.165) is 24.3 Å². The van der Waals surface area contributed by atoms with Crippen molar-refractivity contribution in [3.05, 3.63) is 95.1 Å². The Morgan fingerprint density at radius 3 is 1.60 bits per heavy atom. The molecule has 0 bridgehead atoms. The van der Waals surface area contributed by atoms with Crippen LogP contribution >= 0.6 is 0 Å². The van der Waals surface area contributed by atoms with Crippen LogP contribution in [0.5, 0.6) is 6.01 Å². The fraction of sp³-hybridized carbons (Fsp3) is 0.0333. The second kappa shape index (κ2) is 17.6. The number of methoxy groups -OCH3 is 1. The van der Waals surface area contributed by atoms with Gasteiger partial charge in [0.2, 0.25) is 11.9 Å². The number of para-hydroxylation sites is 1. The third-order valence-corrected chi connectivity index (χ3v) is 10.1. The second-order valence-electron chi connectivity index (χ2n) is 10.7. The first kappa shape index (κ1) is 46.3. The third kappa shape index (κ3) is 9.75. The molecule has 1 heterocycles. The molecule has 1 aliphatic rings. The number of fused-ring (bicyclic) bond motifs is 2. The summed E-state index contributed by atoms with van der Waals surface area (Å²) in [6.07, 6.45) is 0. The Balaban J connectivity index is 0.00000271. The van der Waals surface area contributed by atoms with Gasteiger partial charge in [-0.15, -0.1) is 0 Å². The molecule has 268 valence electrons. The van der Waals surface area contributed by atoms with Gasteiger partial charge in [0.25, 0.3) is 0 Å². The van der Waals surface area contributed by atoms with E-state index in [2.05, 4.69) is 30.9 Å². The first-order chi connectivity index (χ1) is 24.4. The Morgan fingerprint density at radius 2 is 1.07 bits per heavy atom. The fourth-order valence-electron chi connectivity index (χ4n) is 5.25. The van der Waals surface area contributed by atoms with E-state index >= 15 is 0 Å². The van der Waals surface area contributed by atoms with Gasteiger partial charge in [0.15, 0.2) is 11.6 Å². The summed E-state index contributed by atoms with van der Waals surface area (Å²) in [5.41, 5.74) is 2.80. The Bertz CT molecular complexity index is 2710. The number of rotatable bonds is 10. The van der Waals surface area contributed by atoms with Crippen LogP contribution in [0.3, 0.4) is 0 Å². The van der Waals surface area contributed by atoms with Gasteiger partial charge in [-0.05, 0) is 36.4 Å². The molecule has 25 heteroatoms. The van der Waals surface area contributed by atoms with Crippen LogP contribution in [0.25, 0.3) is 0 Å². The topological polar surface area (TPSA) is 316 Å². The number of nitrogens with one attached hydrogen (secondary N) is 3. The maximum Gasteiger partial charge on any atom is 1.00 e. The average Bonchev–Trinajstić information content (AvgIpc) is 3.07. The summed E-state index contributed by atoms with van der Waals surface area (Å²) in [6.45, 7) is 0. The van der Waals surface area contributed by atoms with Gasteiger partial charge in [0, 0.05) is 16.8 Å². The molecule has 55 heavy (non-hydrogen) atoms. The van der Waals surface area contributed by atoms with Crippen molar-refractivity contribution in [3.63, 3.8) is 0 Å². The molecule has 0 amide bonds. The van der Waals surface area contributed by atoms with Crippen molar-refractivity contribution in [3.8, 4) is 6.01 Å². The van der Waals surface area contributed by atoms with Crippen molar-refractivity contribution in [2.24, 2.45) is 0 Å². The summed E-state index contributed by atoms with van der Waals surface area (Å²) in [7, 11) is -14.4. The van der Waals surface area contributed by atoms with E-state index in [1.165, 1.54) is 55.6 Å². The standard InChI is InChI=1S/C30H23N7O12S3.3Na/c1-49-30-36-28(33-17-8-4-5-9-20(17)50(40,41)42)35-29(37-30)34-18-11-10-14(12-21(18)51(43,44)45)32-19-13-22(52(46,47)48)25(31)24-23(19)26(38)15-6-2-3-7-16(15)27(24)39;;;/h2-13,32H,31H2,1H3,(H,40,41,42)(H,43,44,45)(H,46,47,48)(H2,33,34,35,36,37);;;/q;3*+1/p-3. The van der Waals surface area contributed by atoms with Crippen molar-refractivity contribution in [2.75, 3.05) is 28.8 Å². The zero-order chi connectivity index (χ0) is 37.7. The van der Waals surface area contributed by atoms with Gasteiger partial charge < -0.3 is 40.1 Å². The van der Waals surface area contributed by atoms with E-state index in [1.807, 2.05) is 0 Å². The molecule has 5 N–H and O–H groups in total. The largest absolute Gasteiger partial charge is 1.00 e. The number of nitrogens with zero attached hydrogens (tertiary/aromatic N) is 3. The van der Waals surface area contributed by atoms with Crippen LogP contribution in [0.4, 0.5) is 40.3 Å². The SMILES string of the molecule is COc1nc(Nc2ccccc2S(=O)(=O)[O-])nc(Nc2ccc(Nc3cc(S(=O)(=O)[O-])c(N)c4c3C(=O)c3ccccc3C4=O)cc2S(=O)(=O)[O-])n1.[Na+].[Na+].[Na+]. The number of ketones is 2. The summed E-state index contributed by atoms with van der Waals surface area (Å²) in [5.74, 6) is -2.41. The maximum absolute atomic E-state index is 13.6. The Hall–Kier alpha value is -3.04. The monoisotopic (exact) mass is 835 g/mol. The van der Waals surface area contributed by atoms with Crippen LogP contribution in [-0.4, -0.2) is 72.5 Å². The molecule has 1 aliphatic carbocycles. The number of hydrogen-bond donors (Lipinski definition) is 4.